The summed E-state index contributed by atoms with van der Waals surface area (Å²) in [6.07, 6.45) is 1.52. The molecule has 0 radical (unpaired) electrons. The van der Waals surface area contributed by atoms with Crippen molar-refractivity contribution in [2.24, 2.45) is 5.10 Å². The lowest BCUT2D eigenvalue weighted by atomic mass is 10.2. The molecule has 1 aromatic carbocycles. The number of hydrogen-bond acceptors (Lipinski definition) is 8. The van der Waals surface area contributed by atoms with Gasteiger partial charge < -0.3 is 14.2 Å². The van der Waals surface area contributed by atoms with E-state index in [1.54, 1.807) is 19.1 Å². The zero-order valence-corrected chi connectivity index (χ0v) is 17.3. The average Bonchev–Trinajstić information content (AvgIpc) is 2.90. The molecule has 1 aliphatic heterocycles. The molecule has 0 bridgehead atoms. The number of carbonyl (C=O) groups is 2. The molecule has 25 heavy (non-hydrogen) atoms. The summed E-state index contributed by atoms with van der Waals surface area (Å²) in [5.41, 5.74) is 0.706. The highest BCUT2D eigenvalue weighted by atomic mass is 127. The molecule has 1 fully saturated rings. The molecule has 0 saturated carbocycles. The largest absolute Gasteiger partial charge is 0.493 e. The molecule has 1 aliphatic rings. The SMILES string of the molecule is CCOC(=O)COc1c(I)cc(/C=N/N2C(=O)CSC2=S)cc1OC. The van der Waals surface area contributed by atoms with Crippen LogP contribution in [0.3, 0.4) is 0 Å². The zero-order chi connectivity index (χ0) is 18.4. The summed E-state index contributed by atoms with van der Waals surface area (Å²) in [5.74, 6) is 0.586. The Bertz CT molecular complexity index is 710. The van der Waals surface area contributed by atoms with Crippen LogP contribution < -0.4 is 9.47 Å². The van der Waals surface area contributed by atoms with Gasteiger partial charge in [0.2, 0.25) is 0 Å². The maximum Gasteiger partial charge on any atom is 0.344 e. The second-order valence-corrected chi connectivity index (χ2v) is 7.40. The lowest BCUT2D eigenvalue weighted by Crippen LogP contribution is -2.22. The van der Waals surface area contributed by atoms with E-state index < -0.39 is 5.97 Å². The van der Waals surface area contributed by atoms with Gasteiger partial charge in [-0.25, -0.2) is 4.79 Å². The van der Waals surface area contributed by atoms with Gasteiger partial charge in [0.15, 0.2) is 22.4 Å². The third-order valence-corrected chi connectivity index (χ3v) is 5.08. The van der Waals surface area contributed by atoms with Crippen molar-refractivity contribution in [1.82, 2.24) is 5.01 Å². The van der Waals surface area contributed by atoms with E-state index >= 15 is 0 Å². The average molecular weight is 494 g/mol. The highest BCUT2D eigenvalue weighted by molar-refractivity contribution is 14.1. The number of thiocarbonyl (C=S) groups is 1. The smallest absolute Gasteiger partial charge is 0.344 e. The first kappa shape index (κ1) is 19.9. The first-order valence-electron chi connectivity index (χ1n) is 7.16. The normalized spacial score (nSPS) is 14.3. The van der Waals surface area contributed by atoms with Crippen molar-refractivity contribution in [3.8, 4) is 11.5 Å². The van der Waals surface area contributed by atoms with E-state index in [2.05, 4.69) is 27.7 Å². The Morgan fingerprint density at radius 3 is 2.88 bits per heavy atom. The Kier molecular flexibility index (Phi) is 7.44. The third-order valence-electron chi connectivity index (χ3n) is 2.94. The van der Waals surface area contributed by atoms with Crippen molar-refractivity contribution in [3.63, 3.8) is 0 Å². The maximum absolute atomic E-state index is 11.7. The summed E-state index contributed by atoms with van der Waals surface area (Å²) >= 11 is 8.42. The third kappa shape index (κ3) is 5.28. The molecule has 0 unspecified atom stereocenters. The van der Waals surface area contributed by atoms with Crippen molar-refractivity contribution in [2.75, 3.05) is 26.1 Å². The van der Waals surface area contributed by atoms with Crippen molar-refractivity contribution in [1.29, 1.82) is 0 Å². The maximum atomic E-state index is 11.7. The van der Waals surface area contributed by atoms with Gasteiger partial charge in [-0.3, -0.25) is 4.79 Å². The molecule has 134 valence electrons. The van der Waals surface area contributed by atoms with Crippen molar-refractivity contribution < 1.29 is 23.8 Å². The van der Waals surface area contributed by atoms with Crippen molar-refractivity contribution in [3.05, 3.63) is 21.3 Å². The molecule has 0 spiro atoms. The van der Waals surface area contributed by atoms with Gasteiger partial charge >= 0.3 is 5.97 Å². The van der Waals surface area contributed by atoms with Gasteiger partial charge in [0.1, 0.15) is 0 Å². The van der Waals surface area contributed by atoms with Gasteiger partial charge in [0.25, 0.3) is 5.91 Å². The molecule has 1 saturated heterocycles. The summed E-state index contributed by atoms with van der Waals surface area (Å²) in [6, 6.07) is 3.49. The van der Waals surface area contributed by atoms with E-state index in [1.165, 1.54) is 30.1 Å². The number of hydrazone groups is 1. The first-order valence-corrected chi connectivity index (χ1v) is 9.63. The number of benzene rings is 1. The van der Waals surface area contributed by atoms with Crippen LogP contribution in [-0.2, 0) is 14.3 Å². The Hall–Kier alpha value is -1.40. The first-order chi connectivity index (χ1) is 12.0. The Labute approximate surface area is 168 Å². The van der Waals surface area contributed by atoms with E-state index in [0.29, 0.717) is 33.7 Å². The van der Waals surface area contributed by atoms with E-state index in [1.807, 2.05) is 0 Å². The van der Waals surface area contributed by atoms with Gasteiger partial charge in [0.05, 0.1) is 29.3 Å². The molecule has 1 heterocycles. The topological polar surface area (TPSA) is 77.4 Å². The monoisotopic (exact) mass is 494 g/mol. The molecule has 7 nitrogen and oxygen atoms in total. The fourth-order valence-corrected chi connectivity index (χ4v) is 3.62. The standard InChI is InChI=1S/C15H15IN2O5S2/c1-3-22-13(20)7-23-14-10(16)4-9(5-11(14)21-2)6-17-18-12(19)8-25-15(18)24/h4-6H,3,7-8H2,1-2H3/b17-6+. The van der Waals surface area contributed by atoms with Crippen LogP contribution in [-0.4, -0.2) is 53.5 Å². The number of esters is 1. The predicted molar refractivity (Wildman–Crippen MR) is 107 cm³/mol. The van der Waals surface area contributed by atoms with Crippen molar-refractivity contribution >= 4 is 69.0 Å². The van der Waals surface area contributed by atoms with Crippen LogP contribution in [0.2, 0.25) is 0 Å². The number of halogens is 1. The lowest BCUT2D eigenvalue weighted by Gasteiger charge is -2.13. The highest BCUT2D eigenvalue weighted by Gasteiger charge is 2.26. The van der Waals surface area contributed by atoms with Crippen LogP contribution in [0.5, 0.6) is 11.5 Å². The van der Waals surface area contributed by atoms with Gasteiger partial charge in [0, 0.05) is 0 Å². The van der Waals surface area contributed by atoms with Crippen LogP contribution in [0.1, 0.15) is 12.5 Å². The minimum Gasteiger partial charge on any atom is -0.493 e. The Morgan fingerprint density at radius 2 is 2.28 bits per heavy atom. The van der Waals surface area contributed by atoms with Gasteiger partial charge in [-0.05, 0) is 47.2 Å². The van der Waals surface area contributed by atoms with Gasteiger partial charge in [-0.2, -0.15) is 10.1 Å². The van der Waals surface area contributed by atoms with Crippen molar-refractivity contribution in [2.45, 2.75) is 6.92 Å². The van der Waals surface area contributed by atoms with E-state index in [9.17, 15) is 9.59 Å². The summed E-state index contributed by atoms with van der Waals surface area (Å²) < 4.78 is 16.8. The molecule has 0 N–H and O–H groups in total. The minimum absolute atomic E-state index is 0.151. The number of ether oxygens (including phenoxy) is 3. The molecule has 0 aromatic heterocycles. The zero-order valence-electron chi connectivity index (χ0n) is 13.5. The molecular formula is C15H15IN2O5S2. The molecule has 0 aliphatic carbocycles. The second-order valence-electron chi connectivity index (χ2n) is 4.63. The van der Waals surface area contributed by atoms with Crippen LogP contribution in [0.15, 0.2) is 17.2 Å². The van der Waals surface area contributed by atoms with Gasteiger partial charge in [-0.15, -0.1) is 0 Å². The number of thioether (sulfide) groups is 1. The summed E-state index contributed by atoms with van der Waals surface area (Å²) in [7, 11) is 1.50. The molecule has 1 amide bonds. The second kappa shape index (κ2) is 9.34. The Balaban J connectivity index is 2.16. The Morgan fingerprint density at radius 1 is 1.52 bits per heavy atom. The molecular weight excluding hydrogens is 479 g/mol. The van der Waals surface area contributed by atoms with E-state index in [0.717, 1.165) is 3.57 Å². The lowest BCUT2D eigenvalue weighted by molar-refractivity contribution is -0.145. The fourth-order valence-electron chi connectivity index (χ4n) is 1.87. The van der Waals surface area contributed by atoms with Crippen LogP contribution in [0, 0.1) is 3.57 Å². The van der Waals surface area contributed by atoms with Crippen LogP contribution in [0.25, 0.3) is 0 Å². The van der Waals surface area contributed by atoms with Gasteiger partial charge in [-0.1, -0.05) is 24.0 Å². The minimum atomic E-state index is -0.454. The molecule has 1 aromatic rings. The number of hydrogen-bond donors (Lipinski definition) is 0. The summed E-state index contributed by atoms with van der Waals surface area (Å²) in [6.45, 7) is 1.81. The number of methoxy groups -OCH3 is 1. The molecule has 10 heteroatoms. The number of nitrogens with zero attached hydrogens (tertiary/aromatic N) is 2. The van der Waals surface area contributed by atoms with Crippen LogP contribution >= 0.6 is 46.6 Å². The highest BCUT2D eigenvalue weighted by Crippen LogP contribution is 2.33. The van der Waals surface area contributed by atoms with E-state index in [4.69, 9.17) is 26.4 Å². The quantitative estimate of drug-likeness (QED) is 0.250. The number of carbonyl (C=O) groups excluding carboxylic acids is 2. The number of rotatable bonds is 7. The fraction of sp³-hybridized carbons (Fsp3) is 0.333. The molecule has 0 atom stereocenters. The predicted octanol–water partition coefficient (Wildman–Crippen LogP) is 2.44. The summed E-state index contributed by atoms with van der Waals surface area (Å²) in [5, 5.41) is 5.32. The van der Waals surface area contributed by atoms with E-state index in [-0.39, 0.29) is 12.5 Å². The number of amides is 1. The molecule has 2 rings (SSSR count). The van der Waals surface area contributed by atoms with Crippen LogP contribution in [0.4, 0.5) is 0 Å². The summed E-state index contributed by atoms with van der Waals surface area (Å²) in [4.78, 5) is 23.1.